The van der Waals surface area contributed by atoms with Gasteiger partial charge in [-0.05, 0) is 27.2 Å². The second kappa shape index (κ2) is 10.2. The summed E-state index contributed by atoms with van der Waals surface area (Å²) >= 11 is 1.44. The van der Waals surface area contributed by atoms with Gasteiger partial charge in [-0.3, -0.25) is 9.00 Å². The molecule has 144 valence electrons. The van der Waals surface area contributed by atoms with Crippen LogP contribution in [0, 0.1) is 0 Å². The summed E-state index contributed by atoms with van der Waals surface area (Å²) in [5, 5.41) is 3.77. The van der Waals surface area contributed by atoms with Crippen LogP contribution in [-0.4, -0.2) is 45.8 Å². The van der Waals surface area contributed by atoms with Crippen LogP contribution in [0.3, 0.4) is 0 Å². The quantitative estimate of drug-likeness (QED) is 0.540. The van der Waals surface area contributed by atoms with Crippen LogP contribution < -0.4 is 5.32 Å². The summed E-state index contributed by atoms with van der Waals surface area (Å²) in [6, 6.07) is 18.0. The zero-order valence-electron chi connectivity index (χ0n) is 15.3. The molecular formula is C20H23NO4S2. The van der Waals surface area contributed by atoms with Gasteiger partial charge < -0.3 is 10.1 Å². The lowest BCUT2D eigenvalue weighted by Crippen LogP contribution is -2.44. The number of benzene rings is 2. The van der Waals surface area contributed by atoms with E-state index in [-0.39, 0.29) is 12.4 Å². The number of thioether (sulfide) groups is 1. The molecule has 1 N–H and O–H groups in total. The predicted molar refractivity (Wildman–Crippen MR) is 112 cm³/mol. The monoisotopic (exact) mass is 405 g/mol. The highest BCUT2D eigenvalue weighted by Gasteiger charge is 2.21. The van der Waals surface area contributed by atoms with Gasteiger partial charge in [0.15, 0.2) is 5.78 Å². The van der Waals surface area contributed by atoms with E-state index in [4.69, 9.17) is 4.74 Å². The van der Waals surface area contributed by atoms with E-state index in [0.29, 0.717) is 5.75 Å². The number of carbonyl (C=O) groups excluding carboxylic acids is 2. The van der Waals surface area contributed by atoms with Crippen molar-refractivity contribution in [2.24, 2.45) is 0 Å². The van der Waals surface area contributed by atoms with Gasteiger partial charge in [0.2, 0.25) is 0 Å². The van der Waals surface area contributed by atoms with Crippen molar-refractivity contribution < 1.29 is 18.5 Å². The lowest BCUT2D eigenvalue weighted by atomic mass is 10.2. The lowest BCUT2D eigenvalue weighted by molar-refractivity contribution is -0.113. The minimum atomic E-state index is -2.37. The van der Waals surface area contributed by atoms with Crippen molar-refractivity contribution in [2.45, 2.75) is 17.5 Å². The van der Waals surface area contributed by atoms with Crippen molar-refractivity contribution in [3.63, 3.8) is 0 Å². The van der Waals surface area contributed by atoms with E-state index < -0.39 is 21.7 Å². The number of ether oxygens (including phenoxy) is 1. The lowest BCUT2D eigenvalue weighted by Gasteiger charge is -2.16. The number of hydrogen-bond acceptors (Lipinski definition) is 5. The second-order valence-electron chi connectivity index (χ2n) is 6.21. The third-order valence-electron chi connectivity index (χ3n) is 3.41. The van der Waals surface area contributed by atoms with E-state index in [1.165, 1.54) is 29.6 Å². The summed E-state index contributed by atoms with van der Waals surface area (Å²) in [6.45, 7) is 0.113. The molecule has 1 amide bonds. The average molecular weight is 406 g/mol. The van der Waals surface area contributed by atoms with Gasteiger partial charge in [-0.15, -0.1) is 11.8 Å². The molecule has 0 bridgehead atoms. The van der Waals surface area contributed by atoms with E-state index >= 15 is 0 Å². The zero-order valence-corrected chi connectivity index (χ0v) is 16.9. The van der Waals surface area contributed by atoms with Crippen LogP contribution >= 0.6 is 11.8 Å². The van der Waals surface area contributed by atoms with Crippen LogP contribution in [0.2, 0.25) is 0 Å². The van der Waals surface area contributed by atoms with Gasteiger partial charge in [-0.1, -0.05) is 48.5 Å². The normalized spacial score (nSPS) is 12.1. The molecule has 0 aliphatic rings. The number of amides is 1. The van der Waals surface area contributed by atoms with Crippen LogP contribution in [0.4, 0.5) is 4.79 Å². The molecule has 0 aromatic heterocycles. The highest BCUT2D eigenvalue weighted by molar-refractivity contribution is 8.01. The number of rotatable bonds is 8. The number of alkyl carbamates (subject to hydrolysis) is 1. The van der Waals surface area contributed by atoms with Gasteiger partial charge in [0, 0.05) is 28.5 Å². The molecule has 0 fully saturated rings. The first-order chi connectivity index (χ1) is 12.8. The van der Waals surface area contributed by atoms with Crippen LogP contribution in [0.25, 0.3) is 0 Å². The Morgan fingerprint density at radius 3 is 2.26 bits per heavy atom. The van der Waals surface area contributed by atoms with Crippen molar-refractivity contribution in [3.8, 4) is 0 Å². The average Bonchev–Trinajstić information content (AvgIpc) is 2.63. The van der Waals surface area contributed by atoms with Gasteiger partial charge in [0.25, 0.3) is 0 Å². The summed E-state index contributed by atoms with van der Waals surface area (Å²) in [7, 11) is -2.37. The van der Waals surface area contributed by atoms with Crippen molar-refractivity contribution in [1.82, 2.24) is 5.32 Å². The Hall–Kier alpha value is -2.25. The maximum Gasteiger partial charge on any atom is 0.408 e. The summed E-state index contributed by atoms with van der Waals surface area (Å²) in [5.74, 6) is -0.0694. The molecule has 2 rings (SSSR count). The Bertz CT molecular complexity index is 867. The van der Waals surface area contributed by atoms with Crippen molar-refractivity contribution in [3.05, 3.63) is 66.2 Å². The zero-order chi connectivity index (χ0) is 19.7. The van der Waals surface area contributed by atoms with Crippen LogP contribution in [0.15, 0.2) is 65.6 Å². The first-order valence-corrected chi connectivity index (χ1v) is 11.7. The molecule has 0 saturated heterocycles. The summed E-state index contributed by atoms with van der Waals surface area (Å²) in [6.07, 6.45) is 2.29. The third-order valence-corrected chi connectivity index (χ3v) is 5.31. The highest BCUT2D eigenvalue weighted by atomic mass is 32.2. The molecule has 0 saturated carbocycles. The molecule has 0 unspecified atom stereocenters. The molecule has 2 aromatic carbocycles. The Morgan fingerprint density at radius 1 is 1.07 bits per heavy atom. The largest absolute Gasteiger partial charge is 0.445 e. The van der Waals surface area contributed by atoms with Crippen LogP contribution in [0.5, 0.6) is 0 Å². The molecule has 2 aromatic rings. The number of Topliss-reactive ketones (excluding diaryl/α,β-unsaturated/α-hetero) is 1. The first-order valence-electron chi connectivity index (χ1n) is 8.31. The smallest absolute Gasteiger partial charge is 0.408 e. The van der Waals surface area contributed by atoms with Gasteiger partial charge in [-0.25, -0.2) is 4.79 Å². The molecule has 5 nitrogen and oxygen atoms in total. The van der Waals surface area contributed by atoms with Crippen molar-refractivity contribution >= 4 is 38.5 Å². The van der Waals surface area contributed by atoms with Gasteiger partial charge >= 0.3 is 6.09 Å². The Morgan fingerprint density at radius 2 is 1.67 bits per heavy atom. The number of carbonyl (C=O) groups is 2. The fourth-order valence-electron chi connectivity index (χ4n) is 2.16. The van der Waals surface area contributed by atoms with E-state index in [9.17, 15) is 13.8 Å². The predicted octanol–water partition coefficient (Wildman–Crippen LogP) is 2.99. The maximum absolute atomic E-state index is 12.5. The fraction of sp³-hybridized carbons (Fsp3) is 0.250. The summed E-state index contributed by atoms with van der Waals surface area (Å²) in [4.78, 5) is 25.6. The molecular weight excluding hydrogens is 382 g/mol. The standard InChI is InChI=1S/C20H23NO4S2/c1-27(2,24)15-19(22)18(14-26-17-11-7-4-8-12-17)21-20(23)25-13-16-9-5-3-6-10-16/h3-12,15,18H,13-14H2,1-2H3,(H,21,23)/t18-/m0/s1. The summed E-state index contributed by atoms with van der Waals surface area (Å²) in [5.41, 5.74) is 0.853. The summed E-state index contributed by atoms with van der Waals surface area (Å²) < 4.78 is 17.1. The third kappa shape index (κ3) is 8.32. The number of nitrogens with one attached hydrogen (secondary N) is 1. The van der Waals surface area contributed by atoms with Gasteiger partial charge in [0.05, 0.1) is 0 Å². The van der Waals surface area contributed by atoms with E-state index in [1.54, 1.807) is 0 Å². The fourth-order valence-corrected chi connectivity index (χ4v) is 3.84. The first kappa shape index (κ1) is 21.1. The molecule has 1 atom stereocenters. The molecule has 0 radical (unpaired) electrons. The minimum Gasteiger partial charge on any atom is -0.445 e. The molecule has 0 heterocycles. The van der Waals surface area contributed by atoms with E-state index in [0.717, 1.165) is 10.5 Å². The van der Waals surface area contributed by atoms with Gasteiger partial charge in [-0.2, -0.15) is 0 Å². The maximum atomic E-state index is 12.5. The molecule has 0 aliphatic heterocycles. The van der Waals surface area contributed by atoms with E-state index in [1.807, 2.05) is 60.7 Å². The van der Waals surface area contributed by atoms with Crippen LogP contribution in [0.1, 0.15) is 5.56 Å². The molecule has 7 heteroatoms. The highest BCUT2D eigenvalue weighted by Crippen LogP contribution is 2.18. The number of hydrogen-bond donors (Lipinski definition) is 1. The molecule has 27 heavy (non-hydrogen) atoms. The second-order valence-corrected chi connectivity index (χ2v) is 10.2. The van der Waals surface area contributed by atoms with E-state index in [2.05, 4.69) is 5.32 Å². The number of ketones is 1. The topological polar surface area (TPSA) is 72.5 Å². The Kier molecular flexibility index (Phi) is 7.94. The minimum absolute atomic E-state index is 0.113. The van der Waals surface area contributed by atoms with Crippen molar-refractivity contribution in [1.29, 1.82) is 0 Å². The van der Waals surface area contributed by atoms with Crippen LogP contribution in [-0.2, 0) is 25.7 Å². The van der Waals surface area contributed by atoms with Gasteiger partial charge in [0.1, 0.15) is 12.6 Å². The Balaban J connectivity index is 2.00. The molecule has 0 aliphatic carbocycles. The SMILES string of the molecule is CS(C)(=O)=CC(=O)[C@H](CSc1ccccc1)NC(=O)OCc1ccccc1. The van der Waals surface area contributed by atoms with Crippen molar-refractivity contribution in [2.75, 3.05) is 18.3 Å². The Labute approximate surface area is 164 Å². The molecule has 0 spiro atoms.